The molecule has 96 valence electrons. The van der Waals surface area contributed by atoms with Crippen molar-refractivity contribution in [3.05, 3.63) is 0 Å². The monoisotopic (exact) mass is 253 g/mol. The summed E-state index contributed by atoms with van der Waals surface area (Å²) in [7, 11) is -0.490. The van der Waals surface area contributed by atoms with Gasteiger partial charge in [0.1, 0.15) is 0 Å². The summed E-state index contributed by atoms with van der Waals surface area (Å²) < 4.78 is 29.3. The molecule has 0 aromatic heterocycles. The van der Waals surface area contributed by atoms with E-state index < -0.39 is 16.0 Å². The fourth-order valence-electron chi connectivity index (χ4n) is 1.21. The van der Waals surface area contributed by atoms with E-state index in [0.29, 0.717) is 6.61 Å². The van der Waals surface area contributed by atoms with Crippen LogP contribution in [0.5, 0.6) is 0 Å². The quantitative estimate of drug-likeness (QED) is 0.658. The Balaban J connectivity index is 4.25. The molecule has 6 nitrogen and oxygen atoms in total. The lowest BCUT2D eigenvalue weighted by atomic mass is 10.2. The minimum absolute atomic E-state index is 0.00261. The number of methoxy groups -OCH3 is 1. The number of ether oxygens (including phenoxy) is 1. The lowest BCUT2D eigenvalue weighted by molar-refractivity contribution is -0.137. The van der Waals surface area contributed by atoms with Gasteiger partial charge in [-0.15, -0.1) is 0 Å². The summed E-state index contributed by atoms with van der Waals surface area (Å²) in [4.78, 5) is 10.3. The molecule has 0 aromatic carbocycles. The average molecular weight is 253 g/mol. The van der Waals surface area contributed by atoms with Crippen molar-refractivity contribution < 1.29 is 23.1 Å². The molecule has 0 aliphatic heterocycles. The van der Waals surface area contributed by atoms with Gasteiger partial charge in [0.05, 0.1) is 12.2 Å². The first-order valence-corrected chi connectivity index (χ1v) is 6.55. The number of carboxylic acids is 1. The molecule has 0 spiro atoms. The predicted octanol–water partition coefficient (Wildman–Crippen LogP) is 0.00520. The van der Waals surface area contributed by atoms with Crippen molar-refractivity contribution in [3.8, 4) is 0 Å². The summed E-state index contributed by atoms with van der Waals surface area (Å²) >= 11 is 0. The maximum Gasteiger partial charge on any atom is 0.304 e. The molecule has 0 aliphatic carbocycles. The highest BCUT2D eigenvalue weighted by Gasteiger charge is 2.21. The second kappa shape index (κ2) is 6.82. The highest BCUT2D eigenvalue weighted by atomic mass is 32.2. The fraction of sp³-hybridized carbons (Fsp3) is 0.889. The Labute approximate surface area is 96.2 Å². The molecule has 0 saturated carbocycles. The Bertz CT molecular complexity index is 314. The van der Waals surface area contributed by atoms with Gasteiger partial charge in [-0.2, -0.15) is 0 Å². The summed E-state index contributed by atoms with van der Waals surface area (Å²) in [5.74, 6) is -1.15. The van der Waals surface area contributed by atoms with Crippen LogP contribution < -0.4 is 0 Å². The van der Waals surface area contributed by atoms with Crippen LogP contribution in [0.1, 0.15) is 13.3 Å². The van der Waals surface area contributed by atoms with Gasteiger partial charge in [-0.1, -0.05) is 6.92 Å². The maximum atomic E-state index is 11.7. The van der Waals surface area contributed by atoms with Crippen LogP contribution in [0.15, 0.2) is 0 Å². The van der Waals surface area contributed by atoms with Crippen LogP contribution in [0.3, 0.4) is 0 Å². The molecule has 0 rings (SSSR count). The Morgan fingerprint density at radius 2 is 2.06 bits per heavy atom. The molecule has 0 amide bonds. The van der Waals surface area contributed by atoms with Gasteiger partial charge < -0.3 is 9.84 Å². The highest BCUT2D eigenvalue weighted by Crippen LogP contribution is 2.06. The van der Waals surface area contributed by atoms with Crippen molar-refractivity contribution in [2.75, 3.05) is 33.1 Å². The van der Waals surface area contributed by atoms with Gasteiger partial charge in [-0.25, -0.2) is 12.7 Å². The van der Waals surface area contributed by atoms with E-state index >= 15 is 0 Å². The molecular weight excluding hydrogens is 234 g/mol. The fourth-order valence-corrected chi connectivity index (χ4v) is 2.65. The second-order valence-corrected chi connectivity index (χ2v) is 5.92. The molecule has 7 heteroatoms. The van der Waals surface area contributed by atoms with E-state index in [1.54, 1.807) is 6.92 Å². The first-order valence-electron chi connectivity index (χ1n) is 4.94. The van der Waals surface area contributed by atoms with Crippen LogP contribution in [0.2, 0.25) is 0 Å². The Morgan fingerprint density at radius 3 is 2.50 bits per heavy atom. The number of hydrogen-bond acceptors (Lipinski definition) is 4. The molecule has 16 heavy (non-hydrogen) atoms. The van der Waals surface area contributed by atoms with Crippen molar-refractivity contribution >= 4 is 16.0 Å². The van der Waals surface area contributed by atoms with Crippen LogP contribution in [0.25, 0.3) is 0 Å². The average Bonchev–Trinajstić information content (AvgIpc) is 2.13. The summed E-state index contributed by atoms with van der Waals surface area (Å²) in [5.41, 5.74) is 0. The summed E-state index contributed by atoms with van der Waals surface area (Å²) in [6, 6.07) is 0. The Hall–Kier alpha value is -0.660. The summed E-state index contributed by atoms with van der Waals surface area (Å²) in [5, 5.41) is 8.45. The van der Waals surface area contributed by atoms with Gasteiger partial charge in [0.25, 0.3) is 0 Å². The third-order valence-corrected chi connectivity index (χ3v) is 4.18. The highest BCUT2D eigenvalue weighted by molar-refractivity contribution is 7.89. The minimum Gasteiger partial charge on any atom is -0.481 e. The number of carboxylic acid groups (broad SMARTS) is 1. The van der Waals surface area contributed by atoms with Crippen LogP contribution in [0.4, 0.5) is 0 Å². The van der Waals surface area contributed by atoms with Gasteiger partial charge in [-0.05, 0) is 5.92 Å². The van der Waals surface area contributed by atoms with Crippen LogP contribution in [-0.4, -0.2) is 56.9 Å². The third-order valence-electron chi connectivity index (χ3n) is 2.06. The zero-order valence-electron chi connectivity index (χ0n) is 9.84. The SMILES string of the molecule is COCC(C)CS(=O)(=O)N(C)CCC(=O)O. The van der Waals surface area contributed by atoms with Crippen molar-refractivity contribution in [2.45, 2.75) is 13.3 Å². The molecule has 1 N–H and O–H groups in total. The van der Waals surface area contributed by atoms with Crippen LogP contribution >= 0.6 is 0 Å². The number of rotatable bonds is 8. The smallest absolute Gasteiger partial charge is 0.304 e. The molecule has 0 bridgehead atoms. The van der Waals surface area contributed by atoms with E-state index in [1.807, 2.05) is 0 Å². The Kier molecular flexibility index (Phi) is 6.54. The molecular formula is C9H19NO5S. The molecule has 1 atom stereocenters. The Morgan fingerprint density at radius 1 is 1.50 bits per heavy atom. The maximum absolute atomic E-state index is 11.7. The number of sulfonamides is 1. The summed E-state index contributed by atoms with van der Waals surface area (Å²) in [6.45, 7) is 2.13. The van der Waals surface area contributed by atoms with Crippen molar-refractivity contribution in [2.24, 2.45) is 5.92 Å². The molecule has 1 unspecified atom stereocenters. The van der Waals surface area contributed by atoms with E-state index in [1.165, 1.54) is 14.2 Å². The molecule has 0 saturated heterocycles. The normalized spacial score (nSPS) is 14.0. The number of hydrogen-bond donors (Lipinski definition) is 1. The summed E-state index contributed by atoms with van der Waals surface area (Å²) in [6.07, 6.45) is -0.186. The van der Waals surface area contributed by atoms with E-state index in [-0.39, 0.29) is 24.6 Å². The minimum atomic E-state index is -3.39. The number of carbonyl (C=O) groups is 1. The molecule has 0 fully saturated rings. The van der Waals surface area contributed by atoms with Crippen molar-refractivity contribution in [1.82, 2.24) is 4.31 Å². The lowest BCUT2D eigenvalue weighted by Gasteiger charge is -2.18. The molecule has 0 heterocycles. The van der Waals surface area contributed by atoms with E-state index in [2.05, 4.69) is 0 Å². The first kappa shape index (κ1) is 15.3. The van der Waals surface area contributed by atoms with Gasteiger partial charge in [-0.3, -0.25) is 4.79 Å². The second-order valence-electron chi connectivity index (χ2n) is 3.80. The topological polar surface area (TPSA) is 83.9 Å². The zero-order valence-corrected chi connectivity index (χ0v) is 10.7. The largest absolute Gasteiger partial charge is 0.481 e. The van der Waals surface area contributed by atoms with Crippen molar-refractivity contribution in [3.63, 3.8) is 0 Å². The number of aliphatic carboxylic acids is 1. The van der Waals surface area contributed by atoms with Crippen molar-refractivity contribution in [1.29, 1.82) is 0 Å². The standard InChI is InChI=1S/C9H19NO5S/c1-8(6-15-3)7-16(13,14)10(2)5-4-9(11)12/h8H,4-7H2,1-3H3,(H,11,12). The molecule has 0 radical (unpaired) electrons. The van der Waals surface area contributed by atoms with Crippen LogP contribution in [0, 0.1) is 5.92 Å². The molecule has 0 aliphatic rings. The van der Waals surface area contributed by atoms with Gasteiger partial charge in [0.15, 0.2) is 0 Å². The van der Waals surface area contributed by atoms with Gasteiger partial charge >= 0.3 is 5.97 Å². The zero-order chi connectivity index (χ0) is 12.8. The van der Waals surface area contributed by atoms with Gasteiger partial charge in [0.2, 0.25) is 10.0 Å². The van der Waals surface area contributed by atoms with Gasteiger partial charge in [0, 0.05) is 27.3 Å². The van der Waals surface area contributed by atoms with E-state index in [4.69, 9.17) is 9.84 Å². The predicted molar refractivity (Wildman–Crippen MR) is 59.7 cm³/mol. The van der Waals surface area contributed by atoms with E-state index in [0.717, 1.165) is 4.31 Å². The first-order chi connectivity index (χ1) is 7.29. The van der Waals surface area contributed by atoms with Crippen LogP contribution in [-0.2, 0) is 19.6 Å². The van der Waals surface area contributed by atoms with E-state index in [9.17, 15) is 13.2 Å². The number of nitrogens with zero attached hydrogens (tertiary/aromatic N) is 1. The lowest BCUT2D eigenvalue weighted by Crippen LogP contribution is -2.34. The third kappa shape index (κ3) is 6.04. The molecule has 0 aromatic rings.